The Morgan fingerprint density at radius 2 is 1.65 bits per heavy atom. The van der Waals surface area contributed by atoms with E-state index >= 15 is 0 Å². The van der Waals surface area contributed by atoms with E-state index in [0.717, 1.165) is 26.1 Å². The summed E-state index contributed by atoms with van der Waals surface area (Å²) >= 11 is 0. The molecule has 2 aliphatic heterocycles. The number of ketones is 1. The summed E-state index contributed by atoms with van der Waals surface area (Å²) in [7, 11) is 0. The van der Waals surface area contributed by atoms with Crippen LogP contribution in [0.1, 0.15) is 19.3 Å². The largest absolute Gasteiger partial charge is 0.378 e. The second kappa shape index (κ2) is 8.34. The quantitative estimate of drug-likeness (QED) is 0.554. The molecule has 1 amide bonds. The Hall–Kier alpha value is -0.980. The lowest BCUT2D eigenvalue weighted by Gasteiger charge is -2.15. The summed E-state index contributed by atoms with van der Waals surface area (Å²) in [5.41, 5.74) is 0. The standard InChI is InChI=1S/C14H24N2O4/c17-13-3-5-15(12-13)6-8-19-10-11-20-9-7-16-4-1-2-14(16)18/h1-12H2. The number of rotatable bonds is 9. The second-order valence-corrected chi connectivity index (χ2v) is 5.27. The first kappa shape index (κ1) is 15.4. The molecule has 0 bridgehead atoms. The number of amides is 1. The maximum atomic E-state index is 11.3. The van der Waals surface area contributed by atoms with E-state index in [1.165, 1.54) is 0 Å². The number of nitrogens with zero attached hydrogens (tertiary/aromatic N) is 2. The molecule has 0 aromatic heterocycles. The highest BCUT2D eigenvalue weighted by atomic mass is 16.5. The third-order valence-corrected chi connectivity index (χ3v) is 3.71. The first-order valence-electron chi connectivity index (χ1n) is 7.43. The first-order chi connectivity index (χ1) is 9.75. The van der Waals surface area contributed by atoms with Gasteiger partial charge in [0, 0.05) is 39.0 Å². The Labute approximate surface area is 120 Å². The van der Waals surface area contributed by atoms with Gasteiger partial charge in [-0.2, -0.15) is 0 Å². The van der Waals surface area contributed by atoms with Gasteiger partial charge in [0.2, 0.25) is 5.91 Å². The molecule has 0 aliphatic carbocycles. The van der Waals surface area contributed by atoms with Gasteiger partial charge < -0.3 is 14.4 Å². The molecule has 2 saturated heterocycles. The predicted octanol–water partition coefficient (Wildman–Crippen LogP) is -0.0832. The smallest absolute Gasteiger partial charge is 0.222 e. The van der Waals surface area contributed by atoms with E-state index in [1.54, 1.807) is 0 Å². The van der Waals surface area contributed by atoms with Gasteiger partial charge in [-0.1, -0.05) is 0 Å². The predicted molar refractivity (Wildman–Crippen MR) is 73.5 cm³/mol. The van der Waals surface area contributed by atoms with Crippen LogP contribution >= 0.6 is 0 Å². The Balaban J connectivity index is 1.37. The molecule has 2 fully saturated rings. The van der Waals surface area contributed by atoms with Crippen molar-refractivity contribution in [1.29, 1.82) is 0 Å². The van der Waals surface area contributed by atoms with Gasteiger partial charge in [-0.25, -0.2) is 0 Å². The number of hydrogen-bond donors (Lipinski definition) is 0. The lowest BCUT2D eigenvalue weighted by atomic mass is 10.4. The first-order valence-corrected chi connectivity index (χ1v) is 7.43. The molecule has 2 aliphatic rings. The normalized spacial score (nSPS) is 20.3. The van der Waals surface area contributed by atoms with Crippen LogP contribution in [0.5, 0.6) is 0 Å². The number of likely N-dealkylation sites (tertiary alicyclic amines) is 2. The highest BCUT2D eigenvalue weighted by Gasteiger charge is 2.19. The van der Waals surface area contributed by atoms with Crippen molar-refractivity contribution in [2.75, 3.05) is 59.2 Å². The van der Waals surface area contributed by atoms with Crippen molar-refractivity contribution in [3.8, 4) is 0 Å². The van der Waals surface area contributed by atoms with Crippen LogP contribution < -0.4 is 0 Å². The van der Waals surface area contributed by atoms with E-state index in [-0.39, 0.29) is 5.91 Å². The molecule has 0 atom stereocenters. The van der Waals surface area contributed by atoms with Crippen molar-refractivity contribution in [2.45, 2.75) is 19.3 Å². The summed E-state index contributed by atoms with van der Waals surface area (Å²) in [4.78, 5) is 26.4. The van der Waals surface area contributed by atoms with Crippen LogP contribution in [0, 0.1) is 0 Å². The molecule has 20 heavy (non-hydrogen) atoms. The Morgan fingerprint density at radius 1 is 0.900 bits per heavy atom. The van der Waals surface area contributed by atoms with E-state index in [1.807, 2.05) is 4.90 Å². The molecule has 2 heterocycles. The van der Waals surface area contributed by atoms with Crippen LogP contribution in [0.15, 0.2) is 0 Å². The van der Waals surface area contributed by atoms with Gasteiger partial charge in [0.15, 0.2) is 0 Å². The van der Waals surface area contributed by atoms with Crippen molar-refractivity contribution in [1.82, 2.24) is 9.80 Å². The molecule has 0 spiro atoms. The van der Waals surface area contributed by atoms with Gasteiger partial charge in [-0.05, 0) is 6.42 Å². The molecular formula is C14H24N2O4. The lowest BCUT2D eigenvalue weighted by Crippen LogP contribution is -2.29. The van der Waals surface area contributed by atoms with Crippen LogP contribution in [0.3, 0.4) is 0 Å². The van der Waals surface area contributed by atoms with Crippen molar-refractivity contribution >= 4 is 11.7 Å². The van der Waals surface area contributed by atoms with Crippen molar-refractivity contribution in [3.05, 3.63) is 0 Å². The van der Waals surface area contributed by atoms with Crippen LogP contribution in [-0.2, 0) is 19.1 Å². The van der Waals surface area contributed by atoms with Gasteiger partial charge >= 0.3 is 0 Å². The molecule has 0 aromatic carbocycles. The zero-order chi connectivity index (χ0) is 14.2. The summed E-state index contributed by atoms with van der Waals surface area (Å²) < 4.78 is 10.9. The molecule has 0 radical (unpaired) electrons. The van der Waals surface area contributed by atoms with Crippen LogP contribution in [0.25, 0.3) is 0 Å². The molecule has 6 nitrogen and oxygen atoms in total. The van der Waals surface area contributed by atoms with Gasteiger partial charge in [0.25, 0.3) is 0 Å². The van der Waals surface area contributed by atoms with E-state index in [4.69, 9.17) is 9.47 Å². The third kappa shape index (κ3) is 5.19. The molecule has 0 saturated carbocycles. The maximum Gasteiger partial charge on any atom is 0.222 e. The van der Waals surface area contributed by atoms with E-state index < -0.39 is 0 Å². The molecule has 0 N–H and O–H groups in total. The monoisotopic (exact) mass is 284 g/mol. The number of Topliss-reactive ketones (excluding diaryl/α,β-unsaturated/α-hetero) is 1. The maximum absolute atomic E-state index is 11.3. The summed E-state index contributed by atoms with van der Waals surface area (Å²) in [6.45, 7) is 6.15. The Morgan fingerprint density at radius 3 is 2.25 bits per heavy atom. The van der Waals surface area contributed by atoms with Gasteiger partial charge in [-0.3, -0.25) is 14.5 Å². The van der Waals surface area contributed by atoms with Crippen molar-refractivity contribution in [3.63, 3.8) is 0 Å². The number of ether oxygens (including phenoxy) is 2. The Kier molecular flexibility index (Phi) is 6.42. The number of carbonyl (C=O) groups excluding carboxylic acids is 2. The summed E-state index contributed by atoms with van der Waals surface area (Å²) in [5, 5.41) is 0. The number of carbonyl (C=O) groups is 2. The fourth-order valence-electron chi connectivity index (χ4n) is 2.51. The average Bonchev–Trinajstić information content (AvgIpc) is 3.02. The second-order valence-electron chi connectivity index (χ2n) is 5.27. The molecule has 0 unspecified atom stereocenters. The van der Waals surface area contributed by atoms with E-state index in [9.17, 15) is 9.59 Å². The minimum atomic E-state index is 0.241. The zero-order valence-corrected chi connectivity index (χ0v) is 12.0. The van der Waals surface area contributed by atoms with E-state index in [2.05, 4.69) is 4.90 Å². The summed E-state index contributed by atoms with van der Waals surface area (Å²) in [6.07, 6.45) is 2.33. The van der Waals surface area contributed by atoms with E-state index in [0.29, 0.717) is 58.1 Å². The SMILES string of the molecule is O=C1CCN(CCOCCOCCN2CCCC2=O)C1. The molecule has 114 valence electrons. The Bertz CT molecular complexity index is 335. The minimum Gasteiger partial charge on any atom is -0.378 e. The summed E-state index contributed by atoms with van der Waals surface area (Å²) in [6, 6.07) is 0. The molecule has 2 rings (SSSR count). The summed E-state index contributed by atoms with van der Waals surface area (Å²) in [5.74, 6) is 0.565. The molecular weight excluding hydrogens is 260 g/mol. The molecule has 0 aromatic rings. The topological polar surface area (TPSA) is 59.1 Å². The van der Waals surface area contributed by atoms with Crippen LogP contribution in [0.4, 0.5) is 0 Å². The van der Waals surface area contributed by atoms with Gasteiger partial charge in [0.05, 0.1) is 33.0 Å². The van der Waals surface area contributed by atoms with Crippen LogP contribution in [0.2, 0.25) is 0 Å². The van der Waals surface area contributed by atoms with Crippen molar-refractivity contribution < 1.29 is 19.1 Å². The molecule has 6 heteroatoms. The van der Waals surface area contributed by atoms with Gasteiger partial charge in [-0.15, -0.1) is 0 Å². The third-order valence-electron chi connectivity index (χ3n) is 3.71. The minimum absolute atomic E-state index is 0.241. The van der Waals surface area contributed by atoms with Crippen LogP contribution in [-0.4, -0.2) is 80.6 Å². The zero-order valence-electron chi connectivity index (χ0n) is 12.0. The lowest BCUT2D eigenvalue weighted by molar-refractivity contribution is -0.128. The average molecular weight is 284 g/mol. The highest BCUT2D eigenvalue weighted by molar-refractivity contribution is 5.82. The fourth-order valence-corrected chi connectivity index (χ4v) is 2.51. The van der Waals surface area contributed by atoms with Gasteiger partial charge in [0.1, 0.15) is 5.78 Å². The fraction of sp³-hybridized carbons (Fsp3) is 0.857. The highest BCUT2D eigenvalue weighted by Crippen LogP contribution is 2.08. The van der Waals surface area contributed by atoms with Crippen molar-refractivity contribution in [2.24, 2.45) is 0 Å². The number of hydrogen-bond acceptors (Lipinski definition) is 5.